The standard InChI is InChI=1S/C15H19N3O3/c1-3-21-15(20)10-18-13-7-5-4-6-12(13)17-14(18)8-9-16-11(2)19/h4-7H,3,8-10H2,1-2H3,(H,16,19). The summed E-state index contributed by atoms with van der Waals surface area (Å²) in [4.78, 5) is 27.2. The van der Waals surface area contributed by atoms with Crippen LogP contribution < -0.4 is 5.32 Å². The van der Waals surface area contributed by atoms with E-state index in [9.17, 15) is 9.59 Å². The molecule has 1 aromatic carbocycles. The normalized spacial score (nSPS) is 10.6. The summed E-state index contributed by atoms with van der Waals surface area (Å²) < 4.78 is 6.85. The van der Waals surface area contributed by atoms with Crippen LogP contribution in [-0.2, 0) is 27.3 Å². The number of ether oxygens (including phenoxy) is 1. The van der Waals surface area contributed by atoms with Gasteiger partial charge in [-0.3, -0.25) is 9.59 Å². The van der Waals surface area contributed by atoms with E-state index in [0.717, 1.165) is 16.9 Å². The van der Waals surface area contributed by atoms with Gasteiger partial charge in [-0.15, -0.1) is 0 Å². The molecule has 1 N–H and O–H groups in total. The Kier molecular flexibility index (Phi) is 4.92. The van der Waals surface area contributed by atoms with E-state index in [1.54, 1.807) is 6.92 Å². The molecule has 0 fully saturated rings. The maximum Gasteiger partial charge on any atom is 0.326 e. The first kappa shape index (κ1) is 15.0. The molecule has 1 heterocycles. The van der Waals surface area contributed by atoms with Crippen molar-refractivity contribution in [1.29, 1.82) is 0 Å². The number of esters is 1. The van der Waals surface area contributed by atoms with Gasteiger partial charge in [0, 0.05) is 19.9 Å². The average molecular weight is 289 g/mol. The van der Waals surface area contributed by atoms with Gasteiger partial charge in [-0.25, -0.2) is 4.98 Å². The summed E-state index contributed by atoms with van der Waals surface area (Å²) in [6, 6.07) is 7.63. The Hall–Kier alpha value is -2.37. The number of nitrogens with one attached hydrogen (secondary N) is 1. The molecular formula is C15H19N3O3. The molecular weight excluding hydrogens is 270 g/mol. The third kappa shape index (κ3) is 3.81. The van der Waals surface area contributed by atoms with Crippen LogP contribution in [0.3, 0.4) is 0 Å². The molecule has 21 heavy (non-hydrogen) atoms. The van der Waals surface area contributed by atoms with Crippen molar-refractivity contribution in [3.05, 3.63) is 30.1 Å². The number of hydrogen-bond acceptors (Lipinski definition) is 4. The van der Waals surface area contributed by atoms with Crippen molar-refractivity contribution in [2.24, 2.45) is 0 Å². The van der Waals surface area contributed by atoms with Crippen molar-refractivity contribution in [2.75, 3.05) is 13.2 Å². The Bertz CT molecular complexity index is 649. The van der Waals surface area contributed by atoms with E-state index in [2.05, 4.69) is 10.3 Å². The topological polar surface area (TPSA) is 73.2 Å². The van der Waals surface area contributed by atoms with Crippen LogP contribution in [-0.4, -0.2) is 34.6 Å². The summed E-state index contributed by atoms with van der Waals surface area (Å²) in [6.45, 7) is 4.22. The number of nitrogens with zero attached hydrogens (tertiary/aromatic N) is 2. The van der Waals surface area contributed by atoms with Gasteiger partial charge in [0.05, 0.1) is 17.6 Å². The number of amides is 1. The first-order chi connectivity index (χ1) is 10.1. The molecule has 0 unspecified atom stereocenters. The zero-order valence-corrected chi connectivity index (χ0v) is 12.3. The number of carbonyl (C=O) groups excluding carboxylic acids is 2. The average Bonchev–Trinajstić information content (AvgIpc) is 2.77. The van der Waals surface area contributed by atoms with E-state index < -0.39 is 0 Å². The van der Waals surface area contributed by atoms with E-state index in [1.807, 2.05) is 28.8 Å². The Morgan fingerprint density at radius 1 is 1.33 bits per heavy atom. The Morgan fingerprint density at radius 2 is 2.10 bits per heavy atom. The summed E-state index contributed by atoms with van der Waals surface area (Å²) in [6.07, 6.45) is 0.563. The fourth-order valence-corrected chi connectivity index (χ4v) is 2.18. The Labute approximate surface area is 123 Å². The second-order valence-electron chi connectivity index (χ2n) is 4.64. The van der Waals surface area contributed by atoms with Gasteiger partial charge in [0.15, 0.2) is 0 Å². The van der Waals surface area contributed by atoms with Gasteiger partial charge in [0.1, 0.15) is 12.4 Å². The second kappa shape index (κ2) is 6.88. The van der Waals surface area contributed by atoms with E-state index in [1.165, 1.54) is 6.92 Å². The maximum atomic E-state index is 11.7. The molecule has 0 saturated carbocycles. The van der Waals surface area contributed by atoms with E-state index in [0.29, 0.717) is 19.6 Å². The molecule has 6 heteroatoms. The number of benzene rings is 1. The maximum absolute atomic E-state index is 11.7. The van der Waals surface area contributed by atoms with Crippen LogP contribution in [0.25, 0.3) is 11.0 Å². The third-order valence-electron chi connectivity index (χ3n) is 3.05. The number of para-hydroxylation sites is 2. The molecule has 0 aliphatic rings. The number of carbonyl (C=O) groups is 2. The quantitative estimate of drug-likeness (QED) is 0.813. The zero-order chi connectivity index (χ0) is 15.2. The van der Waals surface area contributed by atoms with E-state index >= 15 is 0 Å². The van der Waals surface area contributed by atoms with Gasteiger partial charge < -0.3 is 14.6 Å². The predicted molar refractivity (Wildman–Crippen MR) is 78.8 cm³/mol. The highest BCUT2D eigenvalue weighted by Crippen LogP contribution is 2.16. The fraction of sp³-hybridized carbons (Fsp3) is 0.400. The van der Waals surface area contributed by atoms with Crippen molar-refractivity contribution in [3.8, 4) is 0 Å². The van der Waals surface area contributed by atoms with Crippen molar-refractivity contribution in [2.45, 2.75) is 26.8 Å². The van der Waals surface area contributed by atoms with Gasteiger partial charge >= 0.3 is 5.97 Å². The summed E-state index contributed by atoms with van der Waals surface area (Å²) in [7, 11) is 0. The highest BCUT2D eigenvalue weighted by molar-refractivity contribution is 5.79. The lowest BCUT2D eigenvalue weighted by Crippen LogP contribution is -2.24. The van der Waals surface area contributed by atoms with Gasteiger partial charge in [-0.05, 0) is 19.1 Å². The predicted octanol–water partition coefficient (Wildman–Crippen LogP) is 1.28. The number of aromatic nitrogens is 2. The van der Waals surface area contributed by atoms with Gasteiger partial charge in [-0.2, -0.15) is 0 Å². The van der Waals surface area contributed by atoms with Crippen LogP contribution in [0.4, 0.5) is 0 Å². The van der Waals surface area contributed by atoms with Crippen LogP contribution >= 0.6 is 0 Å². The lowest BCUT2D eigenvalue weighted by atomic mass is 10.3. The largest absolute Gasteiger partial charge is 0.465 e. The molecule has 1 aromatic heterocycles. The van der Waals surface area contributed by atoms with Crippen LogP contribution in [0.5, 0.6) is 0 Å². The van der Waals surface area contributed by atoms with Crippen molar-refractivity contribution < 1.29 is 14.3 Å². The zero-order valence-electron chi connectivity index (χ0n) is 12.3. The fourth-order valence-electron chi connectivity index (χ4n) is 2.18. The molecule has 2 rings (SSSR count). The first-order valence-electron chi connectivity index (χ1n) is 6.96. The van der Waals surface area contributed by atoms with Crippen LogP contribution in [0.1, 0.15) is 19.7 Å². The Morgan fingerprint density at radius 3 is 2.81 bits per heavy atom. The minimum Gasteiger partial charge on any atom is -0.465 e. The van der Waals surface area contributed by atoms with Crippen LogP contribution in [0.15, 0.2) is 24.3 Å². The smallest absolute Gasteiger partial charge is 0.326 e. The van der Waals surface area contributed by atoms with Gasteiger partial charge in [-0.1, -0.05) is 12.1 Å². The van der Waals surface area contributed by atoms with Crippen LogP contribution in [0.2, 0.25) is 0 Å². The molecule has 0 aliphatic heterocycles. The lowest BCUT2D eigenvalue weighted by molar-refractivity contribution is -0.143. The molecule has 6 nitrogen and oxygen atoms in total. The number of hydrogen-bond donors (Lipinski definition) is 1. The number of rotatable bonds is 6. The minimum atomic E-state index is -0.290. The first-order valence-corrected chi connectivity index (χ1v) is 6.96. The molecule has 0 saturated heterocycles. The SMILES string of the molecule is CCOC(=O)Cn1c(CCNC(C)=O)nc2ccccc21. The molecule has 0 aliphatic carbocycles. The lowest BCUT2D eigenvalue weighted by Gasteiger charge is -2.09. The molecule has 0 bridgehead atoms. The summed E-state index contributed by atoms with van der Waals surface area (Å²) >= 11 is 0. The van der Waals surface area contributed by atoms with E-state index in [4.69, 9.17) is 4.74 Å². The molecule has 0 radical (unpaired) electrons. The van der Waals surface area contributed by atoms with Crippen molar-refractivity contribution in [3.63, 3.8) is 0 Å². The molecule has 112 valence electrons. The van der Waals surface area contributed by atoms with Crippen molar-refractivity contribution >= 4 is 22.9 Å². The summed E-state index contributed by atoms with van der Waals surface area (Å²) in [5, 5.41) is 2.74. The monoisotopic (exact) mass is 289 g/mol. The summed E-state index contributed by atoms with van der Waals surface area (Å²) in [5.41, 5.74) is 1.73. The van der Waals surface area contributed by atoms with Gasteiger partial charge in [0.2, 0.25) is 5.91 Å². The highest BCUT2D eigenvalue weighted by atomic mass is 16.5. The number of imidazole rings is 1. The second-order valence-corrected chi connectivity index (χ2v) is 4.64. The van der Waals surface area contributed by atoms with E-state index in [-0.39, 0.29) is 18.4 Å². The van der Waals surface area contributed by atoms with Gasteiger partial charge in [0.25, 0.3) is 0 Å². The third-order valence-corrected chi connectivity index (χ3v) is 3.05. The summed E-state index contributed by atoms with van der Waals surface area (Å²) in [5.74, 6) is 0.391. The molecule has 0 atom stereocenters. The number of fused-ring (bicyclic) bond motifs is 1. The van der Waals surface area contributed by atoms with Crippen molar-refractivity contribution in [1.82, 2.24) is 14.9 Å². The Balaban J connectivity index is 2.25. The minimum absolute atomic E-state index is 0.0805. The molecule has 0 spiro atoms. The molecule has 2 aromatic rings. The van der Waals surface area contributed by atoms with Crippen LogP contribution in [0, 0.1) is 0 Å². The highest BCUT2D eigenvalue weighted by Gasteiger charge is 2.13. The molecule has 1 amide bonds.